The van der Waals surface area contributed by atoms with E-state index in [4.69, 9.17) is 4.74 Å². The molecule has 3 N–H and O–H groups in total. The predicted molar refractivity (Wildman–Crippen MR) is 107 cm³/mol. The lowest BCUT2D eigenvalue weighted by atomic mass is 9.95. The van der Waals surface area contributed by atoms with Crippen molar-refractivity contribution >= 4 is 28.4 Å². The fourth-order valence-electron chi connectivity index (χ4n) is 3.72. The van der Waals surface area contributed by atoms with Crippen LogP contribution in [0.4, 0.5) is 0 Å². The van der Waals surface area contributed by atoms with Crippen molar-refractivity contribution in [3.63, 3.8) is 0 Å². The molecule has 2 aromatic carbocycles. The summed E-state index contributed by atoms with van der Waals surface area (Å²) in [7, 11) is 1.51. The molecule has 148 valence electrons. The lowest BCUT2D eigenvalue weighted by molar-refractivity contribution is -0.140. The van der Waals surface area contributed by atoms with Crippen LogP contribution in [0.3, 0.4) is 0 Å². The van der Waals surface area contributed by atoms with Gasteiger partial charge in [-0.15, -0.1) is 0 Å². The molecule has 2 heterocycles. The van der Waals surface area contributed by atoms with Crippen molar-refractivity contribution in [3.8, 4) is 5.75 Å². The third-order valence-corrected chi connectivity index (χ3v) is 5.13. The summed E-state index contributed by atoms with van der Waals surface area (Å²) in [6.07, 6.45) is 1.62. The fraction of sp³-hybridized carbons (Fsp3) is 0.182. The standard InChI is InChI=1S/C22H20N2O5/c1-29-11-10-24-19(13-6-8-14(25)9-7-13)18(21(27)22(24)28)20(26)16-12-23-17-5-3-2-4-15(16)17/h2-9,12,19,23,25-26H,10-11H2,1H3/b20-18-. The number of hydrogen-bond acceptors (Lipinski definition) is 5. The highest BCUT2D eigenvalue weighted by atomic mass is 16.5. The maximum absolute atomic E-state index is 12.9. The molecule has 7 nitrogen and oxygen atoms in total. The Labute approximate surface area is 166 Å². The van der Waals surface area contributed by atoms with Crippen molar-refractivity contribution in [2.75, 3.05) is 20.3 Å². The number of ketones is 1. The second kappa shape index (κ2) is 7.44. The number of rotatable bonds is 5. The Bertz CT molecular complexity index is 1110. The first kappa shape index (κ1) is 18.8. The van der Waals surface area contributed by atoms with E-state index in [0.717, 1.165) is 10.9 Å². The minimum absolute atomic E-state index is 0.0153. The summed E-state index contributed by atoms with van der Waals surface area (Å²) in [5.41, 5.74) is 1.89. The average Bonchev–Trinajstić information content (AvgIpc) is 3.26. The summed E-state index contributed by atoms with van der Waals surface area (Å²) < 4.78 is 5.09. The van der Waals surface area contributed by atoms with Gasteiger partial charge in [-0.05, 0) is 23.8 Å². The number of aromatic amines is 1. The number of Topliss-reactive ketones (excluding diaryl/α,β-unsaturated/α-hetero) is 1. The smallest absolute Gasteiger partial charge is 0.295 e. The number of phenols is 1. The zero-order valence-corrected chi connectivity index (χ0v) is 15.8. The number of carbonyl (C=O) groups is 2. The van der Waals surface area contributed by atoms with Crippen LogP contribution in [0.1, 0.15) is 17.2 Å². The highest BCUT2D eigenvalue weighted by Crippen LogP contribution is 2.40. The fourth-order valence-corrected chi connectivity index (χ4v) is 3.72. The molecular formula is C22H20N2O5. The molecule has 0 saturated carbocycles. The van der Waals surface area contributed by atoms with Crippen molar-refractivity contribution in [3.05, 3.63) is 71.4 Å². The van der Waals surface area contributed by atoms with Gasteiger partial charge in [0.25, 0.3) is 11.7 Å². The second-order valence-corrected chi connectivity index (χ2v) is 6.82. The van der Waals surface area contributed by atoms with E-state index >= 15 is 0 Å². The monoisotopic (exact) mass is 392 g/mol. The number of aliphatic hydroxyl groups excluding tert-OH is 1. The average molecular weight is 392 g/mol. The molecule has 1 fully saturated rings. The number of benzene rings is 2. The molecule has 1 aliphatic heterocycles. The number of aliphatic hydroxyl groups is 1. The molecule has 7 heteroatoms. The zero-order chi connectivity index (χ0) is 20.5. The molecule has 3 aromatic rings. The molecule has 1 amide bonds. The number of para-hydroxylation sites is 1. The molecule has 1 aromatic heterocycles. The first-order chi connectivity index (χ1) is 14.0. The lowest BCUT2D eigenvalue weighted by Gasteiger charge is -2.25. The molecule has 0 spiro atoms. The SMILES string of the molecule is COCCN1C(=O)C(=O)/C(=C(\O)c2c[nH]c3ccccc23)C1c1ccc(O)cc1. The van der Waals surface area contributed by atoms with Crippen LogP contribution >= 0.6 is 0 Å². The minimum Gasteiger partial charge on any atom is -0.508 e. The van der Waals surface area contributed by atoms with Crippen LogP contribution in [0, 0.1) is 0 Å². The van der Waals surface area contributed by atoms with E-state index in [9.17, 15) is 19.8 Å². The van der Waals surface area contributed by atoms with Crippen molar-refractivity contribution in [2.45, 2.75) is 6.04 Å². The molecule has 0 bridgehead atoms. The van der Waals surface area contributed by atoms with Gasteiger partial charge in [0.1, 0.15) is 11.5 Å². The summed E-state index contributed by atoms with van der Waals surface area (Å²) in [6, 6.07) is 12.8. The number of nitrogens with one attached hydrogen (secondary N) is 1. The van der Waals surface area contributed by atoms with E-state index in [1.165, 1.54) is 24.1 Å². The predicted octanol–water partition coefficient (Wildman–Crippen LogP) is 2.94. The largest absolute Gasteiger partial charge is 0.508 e. The third-order valence-electron chi connectivity index (χ3n) is 5.13. The van der Waals surface area contributed by atoms with Crippen LogP contribution in [0.2, 0.25) is 0 Å². The number of H-pyrrole nitrogens is 1. The van der Waals surface area contributed by atoms with E-state index in [0.29, 0.717) is 11.1 Å². The van der Waals surface area contributed by atoms with Gasteiger partial charge in [-0.3, -0.25) is 9.59 Å². The number of aromatic hydroxyl groups is 1. The number of nitrogens with zero attached hydrogens (tertiary/aromatic N) is 1. The molecule has 1 atom stereocenters. The van der Waals surface area contributed by atoms with Crippen LogP contribution in [0.5, 0.6) is 5.75 Å². The number of methoxy groups -OCH3 is 1. The van der Waals surface area contributed by atoms with Crippen LogP contribution in [0.15, 0.2) is 60.3 Å². The van der Waals surface area contributed by atoms with Gasteiger partial charge in [-0.25, -0.2) is 0 Å². The van der Waals surface area contributed by atoms with E-state index in [2.05, 4.69) is 4.98 Å². The highest BCUT2D eigenvalue weighted by Gasteiger charge is 2.46. The Morgan fingerprint density at radius 2 is 1.86 bits per heavy atom. The number of fused-ring (bicyclic) bond motifs is 1. The van der Waals surface area contributed by atoms with Crippen molar-refractivity contribution in [2.24, 2.45) is 0 Å². The molecule has 1 unspecified atom stereocenters. The Balaban J connectivity index is 1.90. The Morgan fingerprint density at radius 1 is 1.14 bits per heavy atom. The number of amides is 1. The number of aromatic nitrogens is 1. The number of phenolic OH excluding ortho intramolecular Hbond substituents is 1. The number of likely N-dealkylation sites (tertiary alicyclic amines) is 1. The number of ether oxygens (including phenoxy) is 1. The topological polar surface area (TPSA) is 103 Å². The Hall–Kier alpha value is -3.58. The minimum atomic E-state index is -0.778. The zero-order valence-electron chi connectivity index (χ0n) is 15.8. The maximum Gasteiger partial charge on any atom is 0.295 e. The van der Waals surface area contributed by atoms with E-state index in [-0.39, 0.29) is 30.2 Å². The van der Waals surface area contributed by atoms with Gasteiger partial charge in [0.2, 0.25) is 0 Å². The molecule has 4 rings (SSSR count). The van der Waals surface area contributed by atoms with Gasteiger partial charge >= 0.3 is 0 Å². The Kier molecular flexibility index (Phi) is 4.82. The molecule has 29 heavy (non-hydrogen) atoms. The van der Waals surface area contributed by atoms with Crippen LogP contribution < -0.4 is 0 Å². The van der Waals surface area contributed by atoms with E-state index in [1.807, 2.05) is 24.3 Å². The van der Waals surface area contributed by atoms with Crippen LogP contribution in [0.25, 0.3) is 16.7 Å². The highest BCUT2D eigenvalue weighted by molar-refractivity contribution is 6.46. The normalized spacial score (nSPS) is 18.7. The van der Waals surface area contributed by atoms with E-state index < -0.39 is 17.7 Å². The Morgan fingerprint density at radius 3 is 2.59 bits per heavy atom. The maximum atomic E-state index is 12.9. The number of carbonyl (C=O) groups excluding carboxylic acids is 2. The number of hydrogen-bond donors (Lipinski definition) is 3. The molecule has 0 radical (unpaired) electrons. The summed E-state index contributed by atoms with van der Waals surface area (Å²) in [5, 5.41) is 21.5. The van der Waals surface area contributed by atoms with Crippen LogP contribution in [-0.2, 0) is 14.3 Å². The van der Waals surface area contributed by atoms with Gasteiger partial charge in [-0.1, -0.05) is 30.3 Å². The molecular weight excluding hydrogens is 372 g/mol. The summed E-state index contributed by atoms with van der Waals surface area (Å²) in [5.74, 6) is -1.61. The van der Waals surface area contributed by atoms with Gasteiger partial charge in [0.15, 0.2) is 0 Å². The summed E-state index contributed by atoms with van der Waals surface area (Å²) in [6.45, 7) is 0.437. The van der Waals surface area contributed by atoms with Crippen molar-refractivity contribution < 1.29 is 24.5 Å². The van der Waals surface area contributed by atoms with Gasteiger partial charge in [0.05, 0.1) is 18.2 Å². The van der Waals surface area contributed by atoms with Crippen molar-refractivity contribution in [1.29, 1.82) is 0 Å². The summed E-state index contributed by atoms with van der Waals surface area (Å²) >= 11 is 0. The lowest BCUT2D eigenvalue weighted by Crippen LogP contribution is -2.32. The first-order valence-electron chi connectivity index (χ1n) is 9.15. The van der Waals surface area contributed by atoms with Gasteiger partial charge in [0, 0.05) is 36.3 Å². The van der Waals surface area contributed by atoms with Crippen molar-refractivity contribution in [1.82, 2.24) is 9.88 Å². The quantitative estimate of drug-likeness (QED) is 0.352. The van der Waals surface area contributed by atoms with E-state index in [1.54, 1.807) is 18.3 Å². The van der Waals surface area contributed by atoms with Crippen LogP contribution in [-0.4, -0.2) is 52.0 Å². The summed E-state index contributed by atoms with van der Waals surface area (Å²) in [4.78, 5) is 30.1. The van der Waals surface area contributed by atoms with Gasteiger partial charge in [-0.2, -0.15) is 0 Å². The van der Waals surface area contributed by atoms with Gasteiger partial charge < -0.3 is 24.8 Å². The second-order valence-electron chi connectivity index (χ2n) is 6.82. The molecule has 0 aliphatic carbocycles. The molecule has 1 saturated heterocycles. The third kappa shape index (κ3) is 3.15. The molecule has 1 aliphatic rings. The first-order valence-corrected chi connectivity index (χ1v) is 9.15.